The Balaban J connectivity index is 1.99. The molecule has 0 aliphatic rings. The van der Waals surface area contributed by atoms with E-state index in [0.29, 0.717) is 16.3 Å². The van der Waals surface area contributed by atoms with Crippen LogP contribution in [0, 0.1) is 5.92 Å². The molecule has 0 radical (unpaired) electrons. The van der Waals surface area contributed by atoms with Gasteiger partial charge in [-0.05, 0) is 36.4 Å². The van der Waals surface area contributed by atoms with Gasteiger partial charge in [-0.1, -0.05) is 32.0 Å². The molecule has 7 nitrogen and oxygen atoms in total. The summed E-state index contributed by atoms with van der Waals surface area (Å²) in [6.07, 6.45) is -1.04. The van der Waals surface area contributed by atoms with Crippen molar-refractivity contribution in [2.45, 2.75) is 32.9 Å². The highest BCUT2D eigenvalue weighted by molar-refractivity contribution is 7.12. The molecule has 0 aliphatic carbocycles. The summed E-state index contributed by atoms with van der Waals surface area (Å²) in [6.45, 7) is 5.06. The van der Waals surface area contributed by atoms with E-state index in [4.69, 9.17) is 9.47 Å². The number of benzene rings is 1. The van der Waals surface area contributed by atoms with E-state index in [2.05, 4.69) is 10.6 Å². The zero-order chi connectivity index (χ0) is 20.7. The average Bonchev–Trinajstić information content (AvgIpc) is 3.20. The Morgan fingerprint density at radius 3 is 2.36 bits per heavy atom. The van der Waals surface area contributed by atoms with Gasteiger partial charge in [-0.3, -0.25) is 9.59 Å². The van der Waals surface area contributed by atoms with Crippen LogP contribution in [0.4, 0.5) is 5.69 Å². The second-order valence-electron chi connectivity index (χ2n) is 6.44. The quantitative estimate of drug-likeness (QED) is 0.660. The third kappa shape index (κ3) is 5.56. The molecule has 2 rings (SSSR count). The zero-order valence-electron chi connectivity index (χ0n) is 16.2. The highest BCUT2D eigenvalue weighted by Crippen LogP contribution is 2.23. The lowest BCUT2D eigenvalue weighted by Gasteiger charge is -2.23. The van der Waals surface area contributed by atoms with Gasteiger partial charge in [-0.15, -0.1) is 11.3 Å². The third-order valence-electron chi connectivity index (χ3n) is 3.98. The van der Waals surface area contributed by atoms with Crippen molar-refractivity contribution in [2.24, 2.45) is 5.92 Å². The van der Waals surface area contributed by atoms with Crippen molar-refractivity contribution in [3.8, 4) is 5.75 Å². The van der Waals surface area contributed by atoms with E-state index in [0.717, 1.165) is 0 Å². The molecular formula is C20H24N2O5S. The number of methoxy groups -OCH3 is 1. The summed E-state index contributed by atoms with van der Waals surface area (Å²) in [6, 6.07) is 9.49. The van der Waals surface area contributed by atoms with Gasteiger partial charge in [0.1, 0.15) is 11.8 Å². The molecule has 1 aromatic carbocycles. The molecule has 150 valence electrons. The number of ether oxygens (including phenoxy) is 2. The summed E-state index contributed by atoms with van der Waals surface area (Å²) in [5.41, 5.74) is 0.476. The predicted octanol–water partition coefficient (Wildman–Crippen LogP) is 3.08. The summed E-state index contributed by atoms with van der Waals surface area (Å²) in [7, 11) is 1.50. The molecule has 0 unspecified atom stereocenters. The smallest absolute Gasteiger partial charge is 0.329 e. The van der Waals surface area contributed by atoms with Gasteiger partial charge >= 0.3 is 5.97 Å². The van der Waals surface area contributed by atoms with Crippen molar-refractivity contribution >= 4 is 34.8 Å². The first-order chi connectivity index (χ1) is 13.3. The molecule has 28 heavy (non-hydrogen) atoms. The fraction of sp³-hybridized carbons (Fsp3) is 0.350. The van der Waals surface area contributed by atoms with Crippen LogP contribution in [0.15, 0.2) is 41.8 Å². The lowest BCUT2D eigenvalue weighted by atomic mass is 10.0. The molecular weight excluding hydrogens is 380 g/mol. The summed E-state index contributed by atoms with van der Waals surface area (Å²) < 4.78 is 10.5. The highest BCUT2D eigenvalue weighted by Gasteiger charge is 2.29. The monoisotopic (exact) mass is 404 g/mol. The number of amides is 2. The number of thiophene rings is 1. The topological polar surface area (TPSA) is 93.7 Å². The van der Waals surface area contributed by atoms with E-state index in [1.54, 1.807) is 55.6 Å². The first-order valence-electron chi connectivity index (χ1n) is 8.82. The SMILES string of the molecule is COc1ccccc1NC(=O)[C@H](C)OC(=O)[C@H](NC(=O)c1cccs1)C(C)C. The first-order valence-corrected chi connectivity index (χ1v) is 9.70. The minimum atomic E-state index is -1.04. The number of anilines is 1. The number of carbonyl (C=O) groups excluding carboxylic acids is 3. The summed E-state index contributed by atoms with van der Waals surface area (Å²) in [5, 5.41) is 7.13. The number of rotatable bonds is 8. The maximum Gasteiger partial charge on any atom is 0.329 e. The van der Waals surface area contributed by atoms with Crippen molar-refractivity contribution < 1.29 is 23.9 Å². The Morgan fingerprint density at radius 2 is 1.75 bits per heavy atom. The fourth-order valence-electron chi connectivity index (χ4n) is 2.40. The number of para-hydroxylation sites is 2. The second-order valence-corrected chi connectivity index (χ2v) is 7.39. The number of hydrogen-bond acceptors (Lipinski definition) is 6. The van der Waals surface area contributed by atoms with Crippen LogP contribution in [-0.4, -0.2) is 37.0 Å². The van der Waals surface area contributed by atoms with Gasteiger partial charge in [-0.2, -0.15) is 0 Å². The summed E-state index contributed by atoms with van der Waals surface area (Å²) >= 11 is 1.28. The predicted molar refractivity (Wildman–Crippen MR) is 108 cm³/mol. The van der Waals surface area contributed by atoms with Gasteiger partial charge in [0, 0.05) is 0 Å². The van der Waals surface area contributed by atoms with E-state index in [9.17, 15) is 14.4 Å². The van der Waals surface area contributed by atoms with E-state index >= 15 is 0 Å². The van der Waals surface area contributed by atoms with E-state index in [-0.39, 0.29) is 11.8 Å². The molecule has 2 amide bonds. The first kappa shape index (κ1) is 21.4. The Morgan fingerprint density at radius 1 is 1.04 bits per heavy atom. The Kier molecular flexibility index (Phi) is 7.57. The van der Waals surface area contributed by atoms with Gasteiger partial charge in [0.2, 0.25) is 0 Å². The molecule has 0 saturated heterocycles. The number of nitrogens with one attached hydrogen (secondary N) is 2. The summed E-state index contributed by atoms with van der Waals surface area (Å²) in [4.78, 5) is 37.7. The van der Waals surface area contributed by atoms with Crippen LogP contribution in [0.1, 0.15) is 30.4 Å². The minimum Gasteiger partial charge on any atom is -0.495 e. The largest absolute Gasteiger partial charge is 0.495 e. The molecule has 1 heterocycles. The normalized spacial score (nSPS) is 12.8. The van der Waals surface area contributed by atoms with Crippen LogP contribution < -0.4 is 15.4 Å². The average molecular weight is 404 g/mol. The zero-order valence-corrected chi connectivity index (χ0v) is 17.0. The van der Waals surface area contributed by atoms with Crippen molar-refractivity contribution in [3.63, 3.8) is 0 Å². The molecule has 0 spiro atoms. The Bertz CT molecular complexity index is 820. The Hall–Kier alpha value is -2.87. The molecule has 1 aromatic heterocycles. The van der Waals surface area contributed by atoms with Gasteiger partial charge in [0.25, 0.3) is 11.8 Å². The second kappa shape index (κ2) is 9.89. The summed E-state index contributed by atoms with van der Waals surface area (Å²) in [5.74, 6) is -1.22. The molecule has 8 heteroatoms. The highest BCUT2D eigenvalue weighted by atomic mass is 32.1. The van der Waals surface area contributed by atoms with Crippen molar-refractivity contribution in [2.75, 3.05) is 12.4 Å². The minimum absolute atomic E-state index is 0.208. The maximum absolute atomic E-state index is 12.5. The molecule has 0 saturated carbocycles. The van der Waals surface area contributed by atoms with E-state index in [1.807, 2.05) is 0 Å². The number of carbonyl (C=O) groups is 3. The van der Waals surface area contributed by atoms with Crippen molar-refractivity contribution in [1.29, 1.82) is 0 Å². The lowest BCUT2D eigenvalue weighted by Crippen LogP contribution is -2.47. The van der Waals surface area contributed by atoms with Gasteiger partial charge in [0.05, 0.1) is 17.7 Å². The van der Waals surface area contributed by atoms with Crippen LogP contribution in [0.2, 0.25) is 0 Å². The van der Waals surface area contributed by atoms with Gasteiger partial charge < -0.3 is 20.1 Å². The van der Waals surface area contributed by atoms with Crippen molar-refractivity contribution in [3.05, 3.63) is 46.7 Å². The third-order valence-corrected chi connectivity index (χ3v) is 4.85. The molecule has 0 aliphatic heterocycles. The standard InChI is InChI=1S/C20H24N2O5S/c1-12(2)17(22-19(24)16-10-7-11-28-16)20(25)27-13(3)18(23)21-14-8-5-6-9-15(14)26-4/h5-13,17H,1-4H3,(H,21,23)(H,22,24)/t13-,17+/m0/s1. The fourth-order valence-corrected chi connectivity index (χ4v) is 3.03. The lowest BCUT2D eigenvalue weighted by molar-refractivity contribution is -0.156. The van der Waals surface area contributed by atoms with Crippen LogP contribution in [-0.2, 0) is 14.3 Å². The molecule has 2 aromatic rings. The van der Waals surface area contributed by atoms with Crippen LogP contribution in [0.3, 0.4) is 0 Å². The Labute approximate surface area is 168 Å². The number of hydrogen-bond donors (Lipinski definition) is 2. The van der Waals surface area contributed by atoms with Crippen molar-refractivity contribution in [1.82, 2.24) is 5.32 Å². The number of esters is 1. The van der Waals surface area contributed by atoms with Gasteiger partial charge in [-0.25, -0.2) is 4.79 Å². The maximum atomic E-state index is 12.5. The molecule has 2 atom stereocenters. The van der Waals surface area contributed by atoms with Crippen LogP contribution in [0.5, 0.6) is 5.75 Å². The van der Waals surface area contributed by atoms with E-state index in [1.165, 1.54) is 25.4 Å². The molecule has 2 N–H and O–H groups in total. The molecule has 0 fully saturated rings. The van der Waals surface area contributed by atoms with Crippen LogP contribution in [0.25, 0.3) is 0 Å². The molecule has 0 bridgehead atoms. The van der Waals surface area contributed by atoms with E-state index < -0.39 is 24.0 Å². The van der Waals surface area contributed by atoms with Crippen LogP contribution >= 0.6 is 11.3 Å². The van der Waals surface area contributed by atoms with Gasteiger partial charge in [0.15, 0.2) is 6.10 Å².